The van der Waals surface area contributed by atoms with Crippen LogP contribution in [0.2, 0.25) is 0 Å². The van der Waals surface area contributed by atoms with Gasteiger partial charge in [-0.2, -0.15) is 0 Å². The Hall–Kier alpha value is -2.62. The number of nitrogens with one attached hydrogen (secondary N) is 2. The second-order valence-corrected chi connectivity index (χ2v) is 11.8. The molecule has 0 bridgehead atoms. The second kappa shape index (κ2) is 14.7. The van der Waals surface area contributed by atoms with E-state index in [0.29, 0.717) is 25.9 Å². The van der Waals surface area contributed by atoms with Crippen LogP contribution in [0.5, 0.6) is 0 Å². The molecule has 0 spiro atoms. The molecule has 0 radical (unpaired) electrons. The number of ether oxygens (including phenoxy) is 1. The van der Waals surface area contributed by atoms with E-state index in [1.54, 1.807) is 6.92 Å². The Balaban J connectivity index is 2.07. The first-order chi connectivity index (χ1) is 18.2. The summed E-state index contributed by atoms with van der Waals surface area (Å²) < 4.78 is 5.28. The van der Waals surface area contributed by atoms with Gasteiger partial charge in [-0.25, -0.2) is 0 Å². The van der Waals surface area contributed by atoms with Gasteiger partial charge in [0.25, 0.3) is 0 Å². The topological polar surface area (TPSA) is 145 Å². The third-order valence-corrected chi connectivity index (χ3v) is 7.04. The maximum absolute atomic E-state index is 13.3. The number of hydrogen-bond donors (Lipinski definition) is 4. The van der Waals surface area contributed by atoms with Gasteiger partial charge in [0.2, 0.25) is 11.8 Å². The number of carbonyl (C=O) groups is 4. The minimum Gasteiger partial charge on any atom is -0.393 e. The van der Waals surface area contributed by atoms with Crippen molar-refractivity contribution in [2.24, 2.45) is 17.8 Å². The Morgan fingerprint density at radius 3 is 1.95 bits per heavy atom. The van der Waals surface area contributed by atoms with Crippen LogP contribution in [0.4, 0.5) is 0 Å². The monoisotopic (exact) mass is 546 g/mol. The zero-order valence-corrected chi connectivity index (χ0v) is 24.1. The van der Waals surface area contributed by atoms with E-state index >= 15 is 0 Å². The van der Waals surface area contributed by atoms with E-state index < -0.39 is 53.4 Å². The van der Waals surface area contributed by atoms with Gasteiger partial charge in [0.1, 0.15) is 11.7 Å². The number of aryl methyl sites for hydroxylation is 1. The lowest BCUT2D eigenvalue weighted by molar-refractivity contribution is -0.138. The highest BCUT2D eigenvalue weighted by atomic mass is 16.6. The summed E-state index contributed by atoms with van der Waals surface area (Å²) in [5.74, 6) is -2.84. The summed E-state index contributed by atoms with van der Waals surface area (Å²) in [4.78, 5) is 52.2. The van der Waals surface area contributed by atoms with Crippen molar-refractivity contribution in [3.63, 3.8) is 0 Å². The molecule has 6 atom stereocenters. The van der Waals surface area contributed by atoms with Crippen LogP contribution in [0.15, 0.2) is 30.3 Å². The molecule has 0 saturated carbocycles. The fourth-order valence-electron chi connectivity index (χ4n) is 4.53. The molecule has 1 heterocycles. The number of amides is 2. The number of benzene rings is 1. The zero-order valence-electron chi connectivity index (χ0n) is 24.1. The third-order valence-electron chi connectivity index (χ3n) is 7.04. The van der Waals surface area contributed by atoms with Gasteiger partial charge in [-0.1, -0.05) is 58.0 Å². The molecule has 2 amide bonds. The van der Waals surface area contributed by atoms with E-state index in [1.807, 2.05) is 58.0 Å². The van der Waals surface area contributed by atoms with Gasteiger partial charge in [0.15, 0.2) is 11.6 Å². The van der Waals surface area contributed by atoms with Crippen molar-refractivity contribution in [3.8, 4) is 0 Å². The van der Waals surface area contributed by atoms with Gasteiger partial charge in [0.05, 0.1) is 30.7 Å². The summed E-state index contributed by atoms with van der Waals surface area (Å²) in [5, 5.41) is 26.2. The Bertz CT molecular complexity index is 973. The molecule has 2 rings (SSSR count). The molecule has 4 N–H and O–H groups in total. The molecule has 1 aromatic carbocycles. The van der Waals surface area contributed by atoms with Crippen LogP contribution in [0.25, 0.3) is 0 Å². The van der Waals surface area contributed by atoms with Crippen molar-refractivity contribution in [1.82, 2.24) is 10.6 Å². The van der Waals surface area contributed by atoms with Crippen LogP contribution in [0, 0.1) is 17.8 Å². The lowest BCUT2D eigenvalue weighted by atomic mass is 9.88. The number of ketones is 2. The Labute approximate surface area is 232 Å². The van der Waals surface area contributed by atoms with Crippen LogP contribution in [0.3, 0.4) is 0 Å². The molecule has 1 aliphatic heterocycles. The highest BCUT2D eigenvalue weighted by Gasteiger charge is 2.50. The molecule has 0 aliphatic carbocycles. The lowest BCUT2D eigenvalue weighted by Gasteiger charge is -2.27. The van der Waals surface area contributed by atoms with Crippen LogP contribution in [-0.2, 0) is 30.3 Å². The fraction of sp³-hybridized carbons (Fsp3) is 0.667. The van der Waals surface area contributed by atoms with E-state index in [4.69, 9.17) is 4.74 Å². The second-order valence-electron chi connectivity index (χ2n) is 11.8. The summed E-state index contributed by atoms with van der Waals surface area (Å²) in [6, 6.07) is 7.75. The van der Waals surface area contributed by atoms with E-state index in [9.17, 15) is 29.4 Å². The maximum Gasteiger partial charge on any atom is 0.249 e. The molecular weight excluding hydrogens is 500 g/mol. The first-order valence-corrected chi connectivity index (χ1v) is 13.9. The number of rotatable bonds is 17. The minimum absolute atomic E-state index is 0.0480. The molecule has 9 heteroatoms. The number of aliphatic hydroxyl groups is 2. The van der Waals surface area contributed by atoms with Gasteiger partial charge in [-0.15, -0.1) is 0 Å². The smallest absolute Gasteiger partial charge is 0.249 e. The van der Waals surface area contributed by atoms with Crippen LogP contribution < -0.4 is 10.6 Å². The molecule has 0 aromatic heterocycles. The van der Waals surface area contributed by atoms with Gasteiger partial charge >= 0.3 is 0 Å². The minimum atomic E-state index is -1.29. The van der Waals surface area contributed by atoms with Gasteiger partial charge in [0, 0.05) is 6.42 Å². The van der Waals surface area contributed by atoms with Crippen molar-refractivity contribution >= 4 is 23.4 Å². The summed E-state index contributed by atoms with van der Waals surface area (Å²) >= 11 is 0. The maximum atomic E-state index is 13.3. The van der Waals surface area contributed by atoms with Gasteiger partial charge in [-0.3, -0.25) is 19.2 Å². The molecule has 9 nitrogen and oxygen atoms in total. The molecule has 218 valence electrons. The standard InChI is InChI=1S/C30H46N2O7/c1-18(2)14-23(31-29(38)25(34)13-12-21-10-8-7-9-11-21)26(35)16-22(20(5)33)28(37)32-24(15-19(3)4)27(36)30(6)17-39-30/h7-11,18-20,22-25,33-34H,12-17H2,1-6H3,(H,31,38)(H,32,37)/t20-,22?,23-,24-,25-,30+/m0/s1. The number of aliphatic hydroxyl groups excluding tert-OH is 2. The molecule has 39 heavy (non-hydrogen) atoms. The molecule has 1 saturated heterocycles. The molecule has 1 unspecified atom stereocenters. The Kier molecular flexibility index (Phi) is 12.3. The lowest BCUT2D eigenvalue weighted by Crippen LogP contribution is -2.51. The average molecular weight is 547 g/mol. The average Bonchev–Trinajstić information content (AvgIpc) is 3.62. The molecular formula is C30H46N2O7. The number of Topliss-reactive ketones (excluding diaryl/α,β-unsaturated/α-hetero) is 2. The highest BCUT2D eigenvalue weighted by Crippen LogP contribution is 2.30. The summed E-state index contributed by atoms with van der Waals surface area (Å²) in [6.45, 7) is 11.1. The number of hydrogen-bond acceptors (Lipinski definition) is 7. The van der Waals surface area contributed by atoms with Crippen molar-refractivity contribution in [2.45, 2.75) is 104 Å². The van der Waals surface area contributed by atoms with E-state index in [2.05, 4.69) is 10.6 Å². The van der Waals surface area contributed by atoms with Crippen molar-refractivity contribution < 1.29 is 34.1 Å². The molecule has 1 aromatic rings. The Morgan fingerprint density at radius 1 is 0.897 bits per heavy atom. The predicted molar refractivity (Wildman–Crippen MR) is 148 cm³/mol. The number of epoxide rings is 1. The van der Waals surface area contributed by atoms with Crippen LogP contribution >= 0.6 is 0 Å². The first kappa shape index (κ1) is 32.6. The number of carbonyl (C=O) groups excluding carboxylic acids is 4. The molecule has 1 aliphatic rings. The van der Waals surface area contributed by atoms with E-state index in [1.165, 1.54) is 6.92 Å². The predicted octanol–water partition coefficient (Wildman–Crippen LogP) is 2.36. The third kappa shape index (κ3) is 10.5. The molecule has 1 fully saturated rings. The van der Waals surface area contributed by atoms with Crippen LogP contribution in [-0.4, -0.2) is 70.1 Å². The summed E-state index contributed by atoms with van der Waals surface area (Å²) in [7, 11) is 0. The van der Waals surface area contributed by atoms with Gasteiger partial charge < -0.3 is 25.6 Å². The summed E-state index contributed by atoms with van der Waals surface area (Å²) in [6.07, 6.45) is -1.36. The Morgan fingerprint density at radius 2 is 1.44 bits per heavy atom. The zero-order chi connectivity index (χ0) is 29.3. The SMILES string of the molecule is CC(C)C[C@H](NC(=O)[C@@H](O)CCc1ccccc1)C(=O)CC(C(=O)N[C@@H](CC(C)C)C(=O)[C@@]1(C)CO1)[C@H](C)O. The van der Waals surface area contributed by atoms with Gasteiger partial charge in [-0.05, 0) is 56.9 Å². The van der Waals surface area contributed by atoms with E-state index in [-0.39, 0.29) is 30.5 Å². The van der Waals surface area contributed by atoms with Crippen molar-refractivity contribution in [3.05, 3.63) is 35.9 Å². The van der Waals surface area contributed by atoms with E-state index in [0.717, 1.165) is 5.56 Å². The van der Waals surface area contributed by atoms with Crippen molar-refractivity contribution in [1.29, 1.82) is 0 Å². The quantitative estimate of drug-likeness (QED) is 0.220. The summed E-state index contributed by atoms with van der Waals surface area (Å²) in [5.41, 5.74) is 0.0678. The normalized spacial score (nSPS) is 20.6. The fourth-order valence-corrected chi connectivity index (χ4v) is 4.53. The highest BCUT2D eigenvalue weighted by molar-refractivity contribution is 5.98. The van der Waals surface area contributed by atoms with Crippen molar-refractivity contribution in [2.75, 3.05) is 6.61 Å². The first-order valence-electron chi connectivity index (χ1n) is 13.9. The largest absolute Gasteiger partial charge is 0.393 e. The van der Waals surface area contributed by atoms with Crippen LogP contribution in [0.1, 0.15) is 72.8 Å².